The van der Waals surface area contributed by atoms with Crippen LogP contribution in [0.5, 0.6) is 11.5 Å². The minimum Gasteiger partial charge on any atom is -0.448 e. The van der Waals surface area contributed by atoms with Crippen molar-refractivity contribution in [2.75, 3.05) is 5.73 Å². The van der Waals surface area contributed by atoms with Gasteiger partial charge in [0, 0.05) is 36.0 Å². The molecule has 5 nitrogen and oxygen atoms in total. The van der Waals surface area contributed by atoms with Crippen molar-refractivity contribution in [3.8, 4) is 22.8 Å². The molecule has 1 aromatic heterocycles. The molecule has 0 atom stereocenters. The van der Waals surface area contributed by atoms with E-state index in [1.165, 1.54) is 0 Å². The van der Waals surface area contributed by atoms with E-state index >= 15 is 0 Å². The quantitative estimate of drug-likeness (QED) is 0.856. The molecule has 2 N–H and O–H groups in total. The highest BCUT2D eigenvalue weighted by Crippen LogP contribution is 2.49. The Kier molecular flexibility index (Phi) is 2.73. The standard InChI is InChI=1S/C15H16BrN3O2/c1-19-14(17)8-11(18-19)9-6-12-13(7-10(9)16)21-15(20-12)4-2-3-5-15/h6-8H,2-5,17H2,1H3. The second-order valence-corrected chi connectivity index (χ2v) is 6.53. The van der Waals surface area contributed by atoms with Crippen molar-refractivity contribution >= 4 is 21.7 Å². The van der Waals surface area contributed by atoms with E-state index in [1.54, 1.807) is 4.68 Å². The number of anilines is 1. The van der Waals surface area contributed by atoms with Crippen molar-refractivity contribution in [3.63, 3.8) is 0 Å². The molecule has 1 aliphatic carbocycles. The summed E-state index contributed by atoms with van der Waals surface area (Å²) in [6, 6.07) is 5.80. The van der Waals surface area contributed by atoms with Crippen LogP contribution in [0.2, 0.25) is 0 Å². The molecular weight excluding hydrogens is 334 g/mol. The molecule has 110 valence electrons. The monoisotopic (exact) mass is 349 g/mol. The number of nitrogens with two attached hydrogens (primary N) is 1. The van der Waals surface area contributed by atoms with Crippen LogP contribution >= 0.6 is 15.9 Å². The molecule has 0 unspecified atom stereocenters. The van der Waals surface area contributed by atoms with Gasteiger partial charge in [-0.1, -0.05) is 0 Å². The third-order valence-corrected chi connectivity index (χ3v) is 4.84. The number of halogens is 1. The summed E-state index contributed by atoms with van der Waals surface area (Å²) in [5, 5.41) is 4.42. The van der Waals surface area contributed by atoms with Crippen LogP contribution in [0.1, 0.15) is 25.7 Å². The normalized spacial score (nSPS) is 18.6. The zero-order valence-corrected chi connectivity index (χ0v) is 13.3. The Labute approximate surface area is 131 Å². The van der Waals surface area contributed by atoms with Crippen LogP contribution in [0.15, 0.2) is 22.7 Å². The number of aryl methyl sites for hydroxylation is 1. The zero-order valence-electron chi connectivity index (χ0n) is 11.7. The molecule has 1 aromatic carbocycles. The lowest BCUT2D eigenvalue weighted by molar-refractivity contribution is -0.0716. The van der Waals surface area contributed by atoms with E-state index in [2.05, 4.69) is 21.0 Å². The van der Waals surface area contributed by atoms with Gasteiger partial charge in [0.15, 0.2) is 11.5 Å². The summed E-state index contributed by atoms with van der Waals surface area (Å²) in [5.41, 5.74) is 7.64. The van der Waals surface area contributed by atoms with Crippen molar-refractivity contribution in [2.24, 2.45) is 7.05 Å². The largest absolute Gasteiger partial charge is 0.448 e. The Bertz CT molecular complexity index is 700. The maximum Gasteiger partial charge on any atom is 0.251 e. The number of fused-ring (bicyclic) bond motifs is 1. The molecule has 2 aromatic rings. The van der Waals surface area contributed by atoms with E-state index in [9.17, 15) is 0 Å². The first-order chi connectivity index (χ1) is 10.1. The third kappa shape index (κ3) is 2.00. The molecule has 1 aliphatic heterocycles. The van der Waals surface area contributed by atoms with Crippen LogP contribution < -0.4 is 15.2 Å². The van der Waals surface area contributed by atoms with Gasteiger partial charge in [0.2, 0.25) is 0 Å². The molecule has 21 heavy (non-hydrogen) atoms. The Morgan fingerprint density at radius 3 is 2.48 bits per heavy atom. The first kappa shape index (κ1) is 13.0. The molecule has 2 aliphatic rings. The van der Waals surface area contributed by atoms with Crippen LogP contribution in [0.3, 0.4) is 0 Å². The molecule has 0 amide bonds. The summed E-state index contributed by atoms with van der Waals surface area (Å²) in [7, 11) is 1.83. The lowest BCUT2D eigenvalue weighted by Crippen LogP contribution is -2.34. The molecule has 1 fully saturated rings. The molecule has 1 spiro atoms. The number of rotatable bonds is 1. The maximum atomic E-state index is 6.10. The summed E-state index contributed by atoms with van der Waals surface area (Å²) in [6.07, 6.45) is 4.20. The first-order valence-corrected chi connectivity index (χ1v) is 7.87. The lowest BCUT2D eigenvalue weighted by atomic mass is 10.1. The fourth-order valence-corrected chi connectivity index (χ4v) is 3.57. The predicted molar refractivity (Wildman–Crippen MR) is 83.2 cm³/mol. The summed E-state index contributed by atoms with van der Waals surface area (Å²) >= 11 is 3.59. The predicted octanol–water partition coefficient (Wildman–Crippen LogP) is 3.47. The number of aromatic nitrogens is 2. The number of hydrogen-bond acceptors (Lipinski definition) is 4. The Hall–Kier alpha value is -1.69. The number of benzene rings is 1. The first-order valence-electron chi connectivity index (χ1n) is 7.08. The molecule has 4 rings (SSSR count). The summed E-state index contributed by atoms with van der Waals surface area (Å²) in [6.45, 7) is 0. The smallest absolute Gasteiger partial charge is 0.251 e. The van der Waals surface area contributed by atoms with Crippen molar-refractivity contribution in [2.45, 2.75) is 31.5 Å². The fourth-order valence-electron chi connectivity index (χ4n) is 3.04. The fraction of sp³-hybridized carbons (Fsp3) is 0.400. The second-order valence-electron chi connectivity index (χ2n) is 5.68. The second kappa shape index (κ2) is 4.40. The number of nitrogens with zero attached hydrogens (tertiary/aromatic N) is 2. The number of hydrogen-bond donors (Lipinski definition) is 1. The zero-order chi connectivity index (χ0) is 14.6. The Balaban J connectivity index is 1.76. The lowest BCUT2D eigenvalue weighted by Gasteiger charge is -2.21. The molecule has 2 heterocycles. The van der Waals surface area contributed by atoms with Gasteiger partial charge in [0.05, 0.1) is 5.69 Å². The van der Waals surface area contributed by atoms with E-state index in [-0.39, 0.29) is 0 Å². The van der Waals surface area contributed by atoms with Crippen LogP contribution in [-0.2, 0) is 7.05 Å². The maximum absolute atomic E-state index is 6.10. The van der Waals surface area contributed by atoms with Crippen molar-refractivity contribution in [3.05, 3.63) is 22.7 Å². The SMILES string of the molecule is Cn1nc(-c2cc3c(cc2Br)OC2(CCCC2)O3)cc1N. The Morgan fingerprint density at radius 2 is 1.86 bits per heavy atom. The van der Waals surface area contributed by atoms with E-state index in [1.807, 2.05) is 25.2 Å². The molecule has 0 radical (unpaired) electrons. The minimum absolute atomic E-state index is 0.441. The van der Waals surface area contributed by atoms with Gasteiger partial charge in [0.25, 0.3) is 5.79 Å². The van der Waals surface area contributed by atoms with E-state index in [0.29, 0.717) is 5.82 Å². The van der Waals surface area contributed by atoms with Crippen molar-refractivity contribution in [1.29, 1.82) is 0 Å². The highest BCUT2D eigenvalue weighted by atomic mass is 79.9. The molecule has 6 heteroatoms. The average molecular weight is 350 g/mol. The van der Waals surface area contributed by atoms with Gasteiger partial charge < -0.3 is 15.2 Å². The van der Waals surface area contributed by atoms with Crippen LogP contribution in [0.25, 0.3) is 11.3 Å². The molecule has 0 saturated heterocycles. The topological polar surface area (TPSA) is 62.3 Å². The molecular formula is C15H16BrN3O2. The number of nitrogen functional groups attached to an aromatic ring is 1. The van der Waals surface area contributed by atoms with Crippen LogP contribution in [-0.4, -0.2) is 15.6 Å². The van der Waals surface area contributed by atoms with Gasteiger partial charge in [-0.2, -0.15) is 5.10 Å². The average Bonchev–Trinajstić information content (AvgIpc) is 3.11. The van der Waals surface area contributed by atoms with Gasteiger partial charge >= 0.3 is 0 Å². The van der Waals surface area contributed by atoms with E-state index in [4.69, 9.17) is 15.2 Å². The number of ether oxygens (including phenoxy) is 2. The van der Waals surface area contributed by atoms with Crippen LogP contribution in [0, 0.1) is 0 Å². The summed E-state index contributed by atoms with van der Waals surface area (Å²) < 4.78 is 14.7. The van der Waals surface area contributed by atoms with Gasteiger partial charge in [0.1, 0.15) is 5.82 Å². The van der Waals surface area contributed by atoms with Crippen molar-refractivity contribution in [1.82, 2.24) is 9.78 Å². The van der Waals surface area contributed by atoms with Gasteiger partial charge in [-0.15, -0.1) is 0 Å². The third-order valence-electron chi connectivity index (χ3n) is 4.18. The van der Waals surface area contributed by atoms with Gasteiger partial charge in [-0.25, -0.2) is 0 Å². The summed E-state index contributed by atoms with van der Waals surface area (Å²) in [5.74, 6) is 1.78. The summed E-state index contributed by atoms with van der Waals surface area (Å²) in [4.78, 5) is 0. The minimum atomic E-state index is -0.441. The molecule has 0 bridgehead atoms. The van der Waals surface area contributed by atoms with Crippen LogP contribution in [0.4, 0.5) is 5.82 Å². The van der Waals surface area contributed by atoms with E-state index in [0.717, 1.165) is 52.9 Å². The highest BCUT2D eigenvalue weighted by Gasteiger charge is 2.44. The van der Waals surface area contributed by atoms with Gasteiger partial charge in [-0.3, -0.25) is 4.68 Å². The van der Waals surface area contributed by atoms with E-state index < -0.39 is 5.79 Å². The highest BCUT2D eigenvalue weighted by molar-refractivity contribution is 9.10. The van der Waals surface area contributed by atoms with Gasteiger partial charge in [-0.05, 0) is 40.9 Å². The van der Waals surface area contributed by atoms with Crippen molar-refractivity contribution < 1.29 is 9.47 Å². The Morgan fingerprint density at radius 1 is 1.19 bits per heavy atom. The molecule has 1 saturated carbocycles.